The predicted octanol–water partition coefficient (Wildman–Crippen LogP) is -4.01. The minimum Gasteiger partial charge on any atom is -0.480 e. The van der Waals surface area contributed by atoms with Crippen LogP contribution < -0.4 is 39.7 Å². The number of carboxylic acid groups (broad SMARTS) is 3. The SMILES string of the molecule is N=C(N)NCCCC(N)C(=O)O.NC(=O)CCC(N)C(=O)O.NC(=O)CCC(N)C(=O)O. The number of primary amides is 2. The number of nitrogens with one attached hydrogen (secondary N) is 2. The smallest absolute Gasteiger partial charge is 0.320 e. The summed E-state index contributed by atoms with van der Waals surface area (Å²) in [5.41, 5.74) is 29.8. The molecule has 0 aliphatic heterocycles. The first-order chi connectivity index (χ1) is 14.6. The molecule has 16 heteroatoms. The van der Waals surface area contributed by atoms with E-state index in [-0.39, 0.29) is 31.6 Å². The van der Waals surface area contributed by atoms with Crippen LogP contribution >= 0.6 is 0 Å². The van der Waals surface area contributed by atoms with Gasteiger partial charge in [0.25, 0.3) is 0 Å². The highest BCUT2D eigenvalue weighted by atomic mass is 16.4. The lowest BCUT2D eigenvalue weighted by Crippen LogP contribution is -2.34. The fourth-order valence-corrected chi connectivity index (χ4v) is 1.51. The van der Waals surface area contributed by atoms with Crippen LogP contribution in [0, 0.1) is 5.41 Å². The highest BCUT2D eigenvalue weighted by Gasteiger charge is 2.12. The van der Waals surface area contributed by atoms with Gasteiger partial charge in [0, 0.05) is 19.4 Å². The van der Waals surface area contributed by atoms with Crippen LogP contribution in [0.1, 0.15) is 38.5 Å². The van der Waals surface area contributed by atoms with Crippen molar-refractivity contribution < 1.29 is 39.3 Å². The average molecular weight is 466 g/mol. The molecule has 0 rings (SSSR count). The third kappa shape index (κ3) is 26.5. The van der Waals surface area contributed by atoms with Gasteiger partial charge >= 0.3 is 17.9 Å². The molecule has 0 aromatic heterocycles. The van der Waals surface area contributed by atoms with E-state index in [1.54, 1.807) is 0 Å². The molecule has 186 valence electrons. The molecule has 3 atom stereocenters. The largest absolute Gasteiger partial charge is 0.480 e. The van der Waals surface area contributed by atoms with Crippen LogP contribution in [0.3, 0.4) is 0 Å². The first-order valence-electron chi connectivity index (χ1n) is 9.21. The zero-order chi connectivity index (χ0) is 25.9. The minimum atomic E-state index is -1.11. The van der Waals surface area contributed by atoms with E-state index in [9.17, 15) is 24.0 Å². The summed E-state index contributed by atoms with van der Waals surface area (Å²) in [6, 6.07) is -2.78. The van der Waals surface area contributed by atoms with Gasteiger partial charge < -0.3 is 55.0 Å². The number of aliphatic carboxylic acids is 3. The topological polar surface area (TPSA) is 338 Å². The van der Waals surface area contributed by atoms with Gasteiger partial charge in [0.1, 0.15) is 18.1 Å². The molecule has 0 aromatic rings. The molecule has 32 heavy (non-hydrogen) atoms. The highest BCUT2D eigenvalue weighted by molar-refractivity contribution is 5.77. The number of carbonyl (C=O) groups excluding carboxylic acids is 2. The van der Waals surface area contributed by atoms with Crippen LogP contribution in [-0.2, 0) is 24.0 Å². The van der Waals surface area contributed by atoms with Crippen LogP contribution in [0.15, 0.2) is 0 Å². The van der Waals surface area contributed by atoms with Crippen molar-refractivity contribution in [2.24, 2.45) is 34.4 Å². The Bertz CT molecular complexity index is 597. The van der Waals surface area contributed by atoms with Gasteiger partial charge in [-0.3, -0.25) is 29.4 Å². The van der Waals surface area contributed by atoms with Crippen LogP contribution in [-0.4, -0.2) is 75.7 Å². The molecule has 0 radical (unpaired) electrons. The molecule has 3 unspecified atom stereocenters. The second kappa shape index (κ2) is 19.5. The summed E-state index contributed by atoms with van der Waals surface area (Å²) in [7, 11) is 0. The Hall–Kier alpha value is -3.50. The van der Waals surface area contributed by atoms with E-state index in [1.165, 1.54) is 0 Å². The van der Waals surface area contributed by atoms with Gasteiger partial charge in [-0.05, 0) is 25.7 Å². The maximum absolute atomic E-state index is 10.2. The number of carbonyl (C=O) groups is 5. The van der Waals surface area contributed by atoms with Crippen LogP contribution in [0.4, 0.5) is 0 Å². The van der Waals surface area contributed by atoms with Crippen molar-refractivity contribution in [1.29, 1.82) is 5.41 Å². The molecule has 0 heterocycles. The Morgan fingerprint density at radius 1 is 0.688 bits per heavy atom. The van der Waals surface area contributed by atoms with Gasteiger partial charge in [-0.1, -0.05) is 0 Å². The maximum atomic E-state index is 10.2. The number of hydrogen-bond donors (Lipinski definition) is 11. The highest BCUT2D eigenvalue weighted by Crippen LogP contribution is 1.93. The molecule has 0 bridgehead atoms. The minimum absolute atomic E-state index is 0.0213. The molecule has 0 saturated carbocycles. The Labute approximate surface area is 184 Å². The van der Waals surface area contributed by atoms with Crippen molar-refractivity contribution >= 4 is 35.7 Å². The van der Waals surface area contributed by atoms with Crippen molar-refractivity contribution in [3.63, 3.8) is 0 Å². The van der Waals surface area contributed by atoms with Crippen molar-refractivity contribution in [3.05, 3.63) is 0 Å². The summed E-state index contributed by atoms with van der Waals surface area (Å²) < 4.78 is 0. The molecule has 17 N–H and O–H groups in total. The molecule has 2 amide bonds. The van der Waals surface area contributed by atoms with Crippen LogP contribution in [0.2, 0.25) is 0 Å². The Balaban J connectivity index is -0.000000397. The van der Waals surface area contributed by atoms with E-state index < -0.39 is 47.8 Å². The van der Waals surface area contributed by atoms with Crippen molar-refractivity contribution in [2.45, 2.75) is 56.7 Å². The van der Waals surface area contributed by atoms with Crippen LogP contribution in [0.25, 0.3) is 0 Å². The Morgan fingerprint density at radius 3 is 1.25 bits per heavy atom. The lowest BCUT2D eigenvalue weighted by Gasteiger charge is -2.06. The van der Waals surface area contributed by atoms with Gasteiger partial charge in [-0.2, -0.15) is 0 Å². The van der Waals surface area contributed by atoms with E-state index in [1.807, 2.05) is 0 Å². The van der Waals surface area contributed by atoms with Crippen molar-refractivity contribution in [2.75, 3.05) is 6.54 Å². The van der Waals surface area contributed by atoms with E-state index in [0.717, 1.165) is 0 Å². The first kappa shape index (κ1) is 33.1. The van der Waals surface area contributed by atoms with Gasteiger partial charge in [-0.25, -0.2) is 0 Å². The van der Waals surface area contributed by atoms with Gasteiger partial charge in [-0.15, -0.1) is 0 Å². The second-order valence-corrected chi connectivity index (χ2v) is 6.33. The number of rotatable bonds is 13. The molecule has 0 aliphatic rings. The van der Waals surface area contributed by atoms with Crippen LogP contribution in [0.5, 0.6) is 0 Å². The Kier molecular flexibility index (Phi) is 20.2. The van der Waals surface area contributed by atoms with E-state index in [4.69, 9.17) is 55.1 Å². The van der Waals surface area contributed by atoms with Gasteiger partial charge in [0.15, 0.2) is 5.96 Å². The monoisotopic (exact) mass is 466 g/mol. The van der Waals surface area contributed by atoms with Gasteiger partial charge in [0.05, 0.1) is 0 Å². The summed E-state index contributed by atoms with van der Waals surface area (Å²) in [5.74, 6) is -4.40. The third-order valence-corrected chi connectivity index (χ3v) is 3.36. The zero-order valence-electron chi connectivity index (χ0n) is 17.5. The number of amides is 2. The fourth-order valence-electron chi connectivity index (χ4n) is 1.51. The first-order valence-corrected chi connectivity index (χ1v) is 9.21. The van der Waals surface area contributed by atoms with Crippen molar-refractivity contribution in [1.82, 2.24) is 5.32 Å². The molecule has 0 saturated heterocycles. The summed E-state index contributed by atoms with van der Waals surface area (Å²) in [6.45, 7) is 0.482. The molecule has 0 spiro atoms. The summed E-state index contributed by atoms with van der Waals surface area (Å²) in [4.78, 5) is 50.5. The van der Waals surface area contributed by atoms with E-state index >= 15 is 0 Å². The maximum Gasteiger partial charge on any atom is 0.320 e. The zero-order valence-corrected chi connectivity index (χ0v) is 17.5. The summed E-state index contributed by atoms with van der Waals surface area (Å²) in [5, 5.41) is 34.1. The number of carboxylic acids is 3. The molecular weight excluding hydrogens is 432 g/mol. The predicted molar refractivity (Wildman–Crippen MR) is 113 cm³/mol. The molecule has 16 nitrogen and oxygen atoms in total. The normalized spacial score (nSPS) is 12.3. The second-order valence-electron chi connectivity index (χ2n) is 6.33. The summed E-state index contributed by atoms with van der Waals surface area (Å²) in [6.07, 6.45) is 1.22. The van der Waals surface area contributed by atoms with Crippen molar-refractivity contribution in [3.8, 4) is 0 Å². The molecule has 0 fully saturated rings. The Morgan fingerprint density at radius 2 is 1.00 bits per heavy atom. The number of guanidine groups is 1. The molecular formula is C16H34N8O8. The van der Waals surface area contributed by atoms with E-state index in [2.05, 4.69) is 5.32 Å². The lowest BCUT2D eigenvalue weighted by molar-refractivity contribution is -0.139. The average Bonchev–Trinajstić information content (AvgIpc) is 2.67. The lowest BCUT2D eigenvalue weighted by atomic mass is 10.2. The molecule has 0 aromatic carbocycles. The number of nitrogens with two attached hydrogens (primary N) is 6. The third-order valence-electron chi connectivity index (χ3n) is 3.36. The van der Waals surface area contributed by atoms with Gasteiger partial charge in [0.2, 0.25) is 11.8 Å². The van der Waals surface area contributed by atoms with E-state index in [0.29, 0.717) is 19.4 Å². The fraction of sp³-hybridized carbons (Fsp3) is 0.625. The standard InChI is InChI=1S/C6H14N4O2.2C5H10N2O3/c7-4(5(11)12)2-1-3-10-6(8)9;2*6-3(5(9)10)1-2-4(7)8/h4H,1-3,7H2,(H,11,12)(H4,8,9,10);2*3H,1-2,6H2,(H2,7,8)(H,9,10). The number of hydrogen-bond acceptors (Lipinski definition) is 9. The summed E-state index contributed by atoms with van der Waals surface area (Å²) >= 11 is 0. The quantitative estimate of drug-likeness (QED) is 0.0700. The molecule has 0 aliphatic carbocycles.